The highest BCUT2D eigenvalue weighted by molar-refractivity contribution is 5.80. The maximum Gasteiger partial charge on any atom is 0.311 e. The van der Waals surface area contributed by atoms with Crippen molar-refractivity contribution in [2.45, 2.75) is 97.7 Å². The summed E-state index contributed by atoms with van der Waals surface area (Å²) in [4.78, 5) is 37.9. The number of rotatable bonds is 3. The number of carboxylic acids is 1. The maximum atomic E-state index is 12.8. The van der Waals surface area contributed by atoms with Gasteiger partial charge in [0.25, 0.3) is 0 Å². The number of aliphatic carboxylic acids is 1. The van der Waals surface area contributed by atoms with E-state index in [0.717, 1.165) is 32.0 Å². The molecule has 4 fully saturated rings. The maximum absolute atomic E-state index is 12.8. The number of allylic oxidation sites excluding steroid dienone is 2. The second kappa shape index (κ2) is 8.38. The van der Waals surface area contributed by atoms with Gasteiger partial charge in [-0.25, -0.2) is 0 Å². The molecule has 0 heterocycles. The van der Waals surface area contributed by atoms with Gasteiger partial charge in [-0.3, -0.25) is 9.59 Å². The lowest BCUT2D eigenvalue weighted by Gasteiger charge is -2.68. The quantitative estimate of drug-likeness (QED) is 0.293. The highest BCUT2D eigenvalue weighted by atomic mass is 16.5. The molecule has 0 amide bonds. The first-order valence-electron chi connectivity index (χ1n) is 14.1. The molecule has 3 N–H and O–H groups in total. The summed E-state index contributed by atoms with van der Waals surface area (Å²) < 4.78 is 5.15. The molecule has 0 aromatic carbocycles. The van der Waals surface area contributed by atoms with E-state index in [2.05, 4.69) is 19.9 Å². The largest absolute Gasteiger partial charge is 0.481 e. The number of carbonyl (C=O) groups is 3. The summed E-state index contributed by atoms with van der Waals surface area (Å²) in [5.74, 6) is -0.829. The molecule has 0 aromatic heterocycles. The highest BCUT2D eigenvalue weighted by Gasteiger charge is 2.68. The van der Waals surface area contributed by atoms with Crippen LogP contribution in [-0.4, -0.2) is 52.9 Å². The van der Waals surface area contributed by atoms with Gasteiger partial charge in [0, 0.05) is 0 Å². The molecule has 0 saturated heterocycles. The molecule has 0 radical (unpaired) electrons. The molecule has 7 nitrogen and oxygen atoms in total. The van der Waals surface area contributed by atoms with Crippen LogP contribution in [-0.2, 0) is 19.1 Å². The second-order valence-corrected chi connectivity index (χ2v) is 14.2. The van der Waals surface area contributed by atoms with E-state index in [1.54, 1.807) is 6.92 Å². The first kappa shape index (κ1) is 26.9. The second-order valence-electron chi connectivity index (χ2n) is 14.2. The SMILES string of the molecule is COC(=O)[C@@]1(C)CC[C@]2(C(=O)O)CC[C@@H]3C(=CC[C@H]4[C@@]3(C)CC[C@H]3[C@](C)(C=O)[C@@H](O)[C@@H](O)C[C@]43C)[C@H]2C1. The van der Waals surface area contributed by atoms with Crippen molar-refractivity contribution in [2.24, 2.45) is 50.7 Å². The van der Waals surface area contributed by atoms with Gasteiger partial charge in [0.1, 0.15) is 6.29 Å². The zero-order chi connectivity index (χ0) is 27.2. The highest BCUT2D eigenvalue weighted by Crippen LogP contribution is 2.72. The van der Waals surface area contributed by atoms with Crippen LogP contribution in [0.5, 0.6) is 0 Å². The average Bonchev–Trinajstić information content (AvgIpc) is 2.86. The van der Waals surface area contributed by atoms with Crippen molar-refractivity contribution in [3.05, 3.63) is 11.6 Å². The van der Waals surface area contributed by atoms with E-state index in [-0.39, 0.29) is 40.5 Å². The van der Waals surface area contributed by atoms with Crippen molar-refractivity contribution in [3.8, 4) is 0 Å². The number of aliphatic hydroxyl groups excluding tert-OH is 2. The summed E-state index contributed by atoms with van der Waals surface area (Å²) in [6.07, 6.45) is 6.91. The van der Waals surface area contributed by atoms with Gasteiger partial charge in [0.2, 0.25) is 0 Å². The molecule has 206 valence electrons. The first-order chi connectivity index (χ1) is 17.2. The minimum atomic E-state index is -1.06. The fraction of sp³-hybridized carbons (Fsp3) is 0.833. The number of methoxy groups -OCH3 is 1. The minimum absolute atomic E-state index is 0.0251. The van der Waals surface area contributed by atoms with Gasteiger partial charge in [-0.2, -0.15) is 0 Å². The van der Waals surface area contributed by atoms with E-state index >= 15 is 0 Å². The van der Waals surface area contributed by atoms with Gasteiger partial charge >= 0.3 is 11.9 Å². The van der Waals surface area contributed by atoms with E-state index in [1.807, 2.05) is 6.92 Å². The van der Waals surface area contributed by atoms with E-state index in [1.165, 1.54) is 12.7 Å². The fourth-order valence-electron chi connectivity index (χ4n) is 10.6. The Bertz CT molecular complexity index is 1040. The predicted molar refractivity (Wildman–Crippen MR) is 136 cm³/mol. The van der Waals surface area contributed by atoms with Crippen LogP contribution in [0, 0.1) is 50.7 Å². The summed E-state index contributed by atoms with van der Waals surface area (Å²) in [5.41, 5.74) is -1.75. The fourth-order valence-corrected chi connectivity index (χ4v) is 10.6. The topological polar surface area (TPSA) is 121 Å². The van der Waals surface area contributed by atoms with E-state index in [4.69, 9.17) is 4.74 Å². The summed E-state index contributed by atoms with van der Waals surface area (Å²) in [6, 6.07) is 0. The molecule has 0 aliphatic heterocycles. The molecule has 0 spiro atoms. The van der Waals surface area contributed by atoms with Crippen LogP contribution in [0.25, 0.3) is 0 Å². The third-order valence-corrected chi connectivity index (χ3v) is 12.6. The van der Waals surface area contributed by atoms with Gasteiger partial charge in [-0.05, 0) is 99.2 Å². The molecule has 5 aliphatic carbocycles. The molecule has 0 bridgehead atoms. The number of aliphatic hydroxyl groups is 2. The molecule has 5 aliphatic rings. The van der Waals surface area contributed by atoms with Gasteiger partial charge in [-0.1, -0.05) is 32.4 Å². The summed E-state index contributed by atoms with van der Waals surface area (Å²) in [5, 5.41) is 32.2. The standard InChI is InChI=1S/C30H44O7/c1-26(25(36)37-5)12-13-30(24(34)35)11-8-18-17(19(30)14-26)6-7-21-27(18,2)10-9-22-28(21,3)15-20(32)23(33)29(22,4)16-31/h6,16,18-23,32-33H,7-15H2,1-5H3,(H,34,35)/t18-,19-,20+,21+,22-,23+,26+,27+,28-,29+,30-/m1/s1. The Hall–Kier alpha value is -1.73. The van der Waals surface area contributed by atoms with Crippen LogP contribution < -0.4 is 0 Å². The van der Waals surface area contributed by atoms with Crippen LogP contribution >= 0.6 is 0 Å². The monoisotopic (exact) mass is 516 g/mol. The smallest absolute Gasteiger partial charge is 0.311 e. The van der Waals surface area contributed by atoms with Crippen LogP contribution in [0.1, 0.15) is 85.5 Å². The van der Waals surface area contributed by atoms with Crippen molar-refractivity contribution in [3.63, 3.8) is 0 Å². The molecule has 0 unspecified atom stereocenters. The normalized spacial score (nSPS) is 52.9. The van der Waals surface area contributed by atoms with Gasteiger partial charge in [0.15, 0.2) is 0 Å². The Labute approximate surface area is 220 Å². The van der Waals surface area contributed by atoms with E-state index in [0.29, 0.717) is 32.1 Å². The Morgan fingerprint density at radius 3 is 2.27 bits per heavy atom. The zero-order valence-corrected chi connectivity index (χ0v) is 23.0. The molecule has 4 saturated carbocycles. The van der Waals surface area contributed by atoms with Crippen molar-refractivity contribution in [1.82, 2.24) is 0 Å². The van der Waals surface area contributed by atoms with Gasteiger partial charge in [0.05, 0.1) is 35.6 Å². The molecule has 7 heteroatoms. The lowest BCUT2D eigenvalue weighted by atomic mass is 9.36. The Kier molecular flexibility index (Phi) is 6.09. The predicted octanol–water partition coefficient (Wildman–Crippen LogP) is 4.15. The number of ether oxygens (including phenoxy) is 1. The molecular weight excluding hydrogens is 472 g/mol. The number of carboxylic acid groups (broad SMARTS) is 1. The molecule has 5 rings (SSSR count). The third kappa shape index (κ3) is 3.35. The van der Waals surface area contributed by atoms with Crippen LogP contribution in [0.15, 0.2) is 11.6 Å². The molecular formula is C30H44O7. The lowest BCUT2D eigenvalue weighted by Crippen LogP contribution is -2.66. The average molecular weight is 517 g/mol. The number of hydrogen-bond donors (Lipinski definition) is 3. The summed E-state index contributed by atoms with van der Waals surface area (Å²) >= 11 is 0. The Balaban J connectivity index is 1.57. The number of carbonyl (C=O) groups excluding carboxylic acids is 2. The summed E-state index contributed by atoms with van der Waals surface area (Å²) in [7, 11) is 1.41. The van der Waals surface area contributed by atoms with E-state index in [9.17, 15) is 29.7 Å². The lowest BCUT2D eigenvalue weighted by molar-refractivity contribution is -0.218. The summed E-state index contributed by atoms with van der Waals surface area (Å²) in [6.45, 7) is 8.26. The van der Waals surface area contributed by atoms with Crippen molar-refractivity contribution in [1.29, 1.82) is 0 Å². The van der Waals surface area contributed by atoms with Crippen LogP contribution in [0.2, 0.25) is 0 Å². The number of aldehydes is 1. The van der Waals surface area contributed by atoms with Gasteiger partial charge in [-0.15, -0.1) is 0 Å². The first-order valence-corrected chi connectivity index (χ1v) is 14.1. The Morgan fingerprint density at radius 2 is 1.65 bits per heavy atom. The van der Waals surface area contributed by atoms with Crippen molar-refractivity contribution < 1.29 is 34.4 Å². The molecule has 11 atom stereocenters. The van der Waals surface area contributed by atoms with Crippen molar-refractivity contribution >= 4 is 18.2 Å². The Morgan fingerprint density at radius 1 is 0.946 bits per heavy atom. The number of fused-ring (bicyclic) bond motifs is 7. The van der Waals surface area contributed by atoms with E-state index < -0.39 is 34.4 Å². The van der Waals surface area contributed by atoms with Gasteiger partial charge < -0.3 is 24.9 Å². The van der Waals surface area contributed by atoms with Crippen molar-refractivity contribution in [2.75, 3.05) is 7.11 Å². The zero-order valence-electron chi connectivity index (χ0n) is 23.0. The number of esters is 1. The number of hydrogen-bond acceptors (Lipinski definition) is 6. The molecule has 37 heavy (non-hydrogen) atoms. The van der Waals surface area contributed by atoms with Crippen LogP contribution in [0.3, 0.4) is 0 Å². The van der Waals surface area contributed by atoms with Crippen LogP contribution in [0.4, 0.5) is 0 Å². The minimum Gasteiger partial charge on any atom is -0.481 e. The molecule has 0 aromatic rings. The third-order valence-electron chi connectivity index (χ3n) is 12.6.